The van der Waals surface area contributed by atoms with Gasteiger partial charge in [0.1, 0.15) is 6.61 Å². The molecule has 2 aromatic rings. The van der Waals surface area contributed by atoms with Crippen molar-refractivity contribution in [3.05, 3.63) is 39.8 Å². The summed E-state index contributed by atoms with van der Waals surface area (Å²) in [6, 6.07) is 3.90. The summed E-state index contributed by atoms with van der Waals surface area (Å²) in [5, 5.41) is 0. The van der Waals surface area contributed by atoms with Gasteiger partial charge in [-0.2, -0.15) is 0 Å². The Balaban J connectivity index is 2.13. The molecule has 5 nitrogen and oxygen atoms in total. The van der Waals surface area contributed by atoms with Crippen LogP contribution in [0.3, 0.4) is 0 Å². The molecule has 1 aliphatic heterocycles. The second-order valence-electron chi connectivity index (χ2n) is 5.35. The Bertz CT molecular complexity index is 737. The van der Waals surface area contributed by atoms with Gasteiger partial charge >= 0.3 is 0 Å². The minimum Gasteiger partial charge on any atom is -0.488 e. The lowest BCUT2D eigenvalue weighted by molar-refractivity contribution is 0.309. The van der Waals surface area contributed by atoms with Crippen molar-refractivity contribution in [1.82, 2.24) is 9.97 Å². The largest absolute Gasteiger partial charge is 0.488 e. The monoisotopic (exact) mass is 285 g/mol. The highest BCUT2D eigenvalue weighted by Gasteiger charge is 2.18. The number of aryl methyl sites for hydroxylation is 2. The molecular formula is C16H19N3O2. The lowest BCUT2D eigenvalue weighted by Gasteiger charge is -2.26. The van der Waals surface area contributed by atoms with Crippen molar-refractivity contribution in [2.45, 2.75) is 20.3 Å². The number of hydrogen-bond donors (Lipinski definition) is 1. The summed E-state index contributed by atoms with van der Waals surface area (Å²) in [5.74, 6) is 1.61. The fraction of sp³-hybridized carbons (Fsp3) is 0.375. The Hall–Kier alpha value is -2.30. The van der Waals surface area contributed by atoms with Crippen molar-refractivity contribution in [3.63, 3.8) is 0 Å². The van der Waals surface area contributed by atoms with Crippen molar-refractivity contribution in [1.29, 1.82) is 0 Å². The standard InChI is InChI=1S/C16H19N3O2/c1-4-11-7-10(2)16(20)18-14(11)12-8-13-15(17-9-12)19(3)5-6-21-13/h7-9H,4-6H2,1-3H3,(H,18,20). The van der Waals surface area contributed by atoms with E-state index in [0.29, 0.717) is 6.61 Å². The molecule has 1 N–H and O–H groups in total. The van der Waals surface area contributed by atoms with E-state index in [4.69, 9.17) is 4.74 Å². The Labute approximate surface area is 123 Å². The molecule has 21 heavy (non-hydrogen) atoms. The number of rotatable bonds is 2. The molecular weight excluding hydrogens is 266 g/mol. The van der Waals surface area contributed by atoms with Crippen LogP contribution in [0.1, 0.15) is 18.1 Å². The van der Waals surface area contributed by atoms with Crippen LogP contribution in [-0.4, -0.2) is 30.2 Å². The number of pyridine rings is 2. The van der Waals surface area contributed by atoms with Crippen LogP contribution < -0.4 is 15.2 Å². The van der Waals surface area contributed by atoms with Gasteiger partial charge < -0.3 is 14.6 Å². The van der Waals surface area contributed by atoms with Crippen molar-refractivity contribution in [2.75, 3.05) is 25.1 Å². The molecule has 3 heterocycles. The number of fused-ring (bicyclic) bond motifs is 1. The number of ether oxygens (including phenoxy) is 1. The summed E-state index contributed by atoms with van der Waals surface area (Å²) < 4.78 is 5.69. The third kappa shape index (κ3) is 2.39. The fourth-order valence-electron chi connectivity index (χ4n) is 2.59. The van der Waals surface area contributed by atoms with Crippen LogP contribution in [0.25, 0.3) is 11.3 Å². The summed E-state index contributed by atoms with van der Waals surface area (Å²) in [6.45, 7) is 5.39. The third-order valence-electron chi connectivity index (χ3n) is 3.86. The number of aromatic nitrogens is 2. The Morgan fingerprint density at radius 1 is 1.43 bits per heavy atom. The number of aromatic amines is 1. The summed E-state index contributed by atoms with van der Waals surface area (Å²) in [7, 11) is 2.00. The van der Waals surface area contributed by atoms with Gasteiger partial charge in [0.05, 0.1) is 12.2 Å². The SMILES string of the molecule is CCc1cc(C)c(=O)[nH]c1-c1cnc2c(c1)OCCN2C. The highest BCUT2D eigenvalue weighted by molar-refractivity contribution is 5.68. The van der Waals surface area contributed by atoms with Gasteiger partial charge in [-0.25, -0.2) is 4.98 Å². The van der Waals surface area contributed by atoms with Gasteiger partial charge in [0, 0.05) is 24.4 Å². The maximum atomic E-state index is 11.9. The van der Waals surface area contributed by atoms with Crippen LogP contribution in [0, 0.1) is 6.92 Å². The van der Waals surface area contributed by atoms with E-state index >= 15 is 0 Å². The number of hydrogen-bond acceptors (Lipinski definition) is 4. The van der Waals surface area contributed by atoms with Gasteiger partial charge in [0.2, 0.25) is 0 Å². The molecule has 0 aliphatic carbocycles. The van der Waals surface area contributed by atoms with Gasteiger partial charge in [0.15, 0.2) is 11.6 Å². The molecule has 0 saturated carbocycles. The van der Waals surface area contributed by atoms with Gasteiger partial charge in [-0.3, -0.25) is 4.79 Å². The Kier molecular flexibility index (Phi) is 3.41. The first kappa shape index (κ1) is 13.7. The van der Waals surface area contributed by atoms with E-state index in [1.807, 2.05) is 26.1 Å². The first-order valence-electron chi connectivity index (χ1n) is 7.17. The average molecular weight is 285 g/mol. The molecule has 5 heteroatoms. The van der Waals surface area contributed by atoms with Crippen molar-refractivity contribution in [3.8, 4) is 17.0 Å². The first-order chi connectivity index (χ1) is 10.1. The molecule has 0 saturated heterocycles. The zero-order valence-electron chi connectivity index (χ0n) is 12.6. The molecule has 1 aliphatic rings. The summed E-state index contributed by atoms with van der Waals surface area (Å²) in [6.07, 6.45) is 2.65. The molecule has 0 atom stereocenters. The molecule has 0 bridgehead atoms. The number of H-pyrrole nitrogens is 1. The molecule has 110 valence electrons. The van der Waals surface area contributed by atoms with Gasteiger partial charge in [0.25, 0.3) is 5.56 Å². The van der Waals surface area contributed by atoms with E-state index in [1.54, 1.807) is 6.20 Å². The maximum Gasteiger partial charge on any atom is 0.251 e. The summed E-state index contributed by atoms with van der Waals surface area (Å²) in [5.41, 5.74) is 3.51. The van der Waals surface area contributed by atoms with Crippen LogP contribution in [0.2, 0.25) is 0 Å². The van der Waals surface area contributed by atoms with Crippen LogP contribution >= 0.6 is 0 Å². The second kappa shape index (κ2) is 5.24. The van der Waals surface area contributed by atoms with E-state index in [0.717, 1.165) is 46.9 Å². The lowest BCUT2D eigenvalue weighted by Crippen LogP contribution is -2.29. The topological polar surface area (TPSA) is 58.2 Å². The Morgan fingerprint density at radius 2 is 2.24 bits per heavy atom. The van der Waals surface area contributed by atoms with Crippen molar-refractivity contribution < 1.29 is 4.74 Å². The van der Waals surface area contributed by atoms with Crippen molar-refractivity contribution in [2.24, 2.45) is 0 Å². The van der Waals surface area contributed by atoms with Gasteiger partial charge in [-0.1, -0.05) is 6.92 Å². The molecule has 3 rings (SSSR count). The highest BCUT2D eigenvalue weighted by atomic mass is 16.5. The molecule has 0 aromatic carbocycles. The van der Waals surface area contributed by atoms with Crippen LogP contribution in [0.5, 0.6) is 5.75 Å². The molecule has 0 amide bonds. The first-order valence-corrected chi connectivity index (χ1v) is 7.17. The average Bonchev–Trinajstić information content (AvgIpc) is 2.49. The smallest absolute Gasteiger partial charge is 0.251 e. The zero-order chi connectivity index (χ0) is 15.0. The number of likely N-dealkylation sites (N-methyl/N-ethyl adjacent to an activating group) is 1. The van der Waals surface area contributed by atoms with Crippen LogP contribution in [0.4, 0.5) is 5.82 Å². The molecule has 0 spiro atoms. The van der Waals surface area contributed by atoms with E-state index in [-0.39, 0.29) is 5.56 Å². The summed E-state index contributed by atoms with van der Waals surface area (Å²) in [4.78, 5) is 21.4. The van der Waals surface area contributed by atoms with Gasteiger partial charge in [-0.05, 0) is 31.0 Å². The van der Waals surface area contributed by atoms with E-state index in [2.05, 4.69) is 21.8 Å². The molecule has 0 radical (unpaired) electrons. The fourth-order valence-corrected chi connectivity index (χ4v) is 2.59. The number of anilines is 1. The minimum atomic E-state index is -0.0574. The van der Waals surface area contributed by atoms with E-state index in [1.165, 1.54) is 0 Å². The quantitative estimate of drug-likeness (QED) is 0.918. The third-order valence-corrected chi connectivity index (χ3v) is 3.86. The predicted octanol–water partition coefficient (Wildman–Crippen LogP) is 2.14. The second-order valence-corrected chi connectivity index (χ2v) is 5.35. The number of nitrogens with zero attached hydrogens (tertiary/aromatic N) is 2. The lowest BCUT2D eigenvalue weighted by atomic mass is 10.0. The van der Waals surface area contributed by atoms with Gasteiger partial charge in [-0.15, -0.1) is 0 Å². The molecule has 0 fully saturated rings. The van der Waals surface area contributed by atoms with E-state index < -0.39 is 0 Å². The maximum absolute atomic E-state index is 11.9. The zero-order valence-corrected chi connectivity index (χ0v) is 12.6. The summed E-state index contributed by atoms with van der Waals surface area (Å²) >= 11 is 0. The number of nitrogens with one attached hydrogen (secondary N) is 1. The highest BCUT2D eigenvalue weighted by Crippen LogP contribution is 2.32. The predicted molar refractivity (Wildman–Crippen MR) is 83.2 cm³/mol. The van der Waals surface area contributed by atoms with Crippen LogP contribution in [0.15, 0.2) is 23.1 Å². The molecule has 2 aromatic heterocycles. The molecule has 0 unspecified atom stereocenters. The normalized spacial score (nSPS) is 13.8. The Morgan fingerprint density at radius 3 is 3.00 bits per heavy atom. The van der Waals surface area contributed by atoms with E-state index in [9.17, 15) is 4.79 Å². The van der Waals surface area contributed by atoms with Crippen LogP contribution in [-0.2, 0) is 6.42 Å². The van der Waals surface area contributed by atoms with Crippen molar-refractivity contribution >= 4 is 5.82 Å². The minimum absolute atomic E-state index is 0.0574.